The first-order valence-electron chi connectivity index (χ1n) is 6.17. The van der Waals surface area contributed by atoms with Gasteiger partial charge in [0.25, 0.3) is 0 Å². The number of rotatable bonds is 2. The van der Waals surface area contributed by atoms with Crippen LogP contribution in [0, 0.1) is 0 Å². The molecule has 2 nitrogen and oxygen atoms in total. The average molecular weight is 215 g/mol. The lowest BCUT2D eigenvalue weighted by Gasteiger charge is -2.37. The van der Waals surface area contributed by atoms with Gasteiger partial charge in [0.15, 0.2) is 5.78 Å². The number of nitrogens with zero attached hydrogens (tertiary/aromatic N) is 1. The van der Waals surface area contributed by atoms with Crippen LogP contribution in [-0.2, 0) is 6.42 Å². The second kappa shape index (κ2) is 3.62. The number of anilines is 1. The first kappa shape index (κ1) is 9.88. The van der Waals surface area contributed by atoms with Gasteiger partial charge in [0.1, 0.15) is 0 Å². The Bertz CT molecular complexity index is 434. The monoisotopic (exact) mass is 215 g/mol. The highest BCUT2D eigenvalue weighted by Crippen LogP contribution is 2.38. The summed E-state index contributed by atoms with van der Waals surface area (Å²) in [6.45, 7) is 2.77. The van der Waals surface area contributed by atoms with E-state index in [1.165, 1.54) is 30.5 Å². The standard InChI is InChI=1S/C14H17NO/c1-10(16)13-7-2-4-11-8-9-15(14(11)13)12-5-3-6-12/h2,4,7,12H,3,5-6,8-9H2,1H3. The topological polar surface area (TPSA) is 20.3 Å². The molecule has 0 unspecified atom stereocenters. The summed E-state index contributed by atoms with van der Waals surface area (Å²) in [7, 11) is 0. The molecule has 0 N–H and O–H groups in total. The van der Waals surface area contributed by atoms with Gasteiger partial charge in [-0.1, -0.05) is 12.1 Å². The number of benzene rings is 1. The zero-order valence-corrected chi connectivity index (χ0v) is 9.70. The van der Waals surface area contributed by atoms with E-state index in [2.05, 4.69) is 11.0 Å². The minimum absolute atomic E-state index is 0.197. The van der Waals surface area contributed by atoms with Crippen molar-refractivity contribution < 1.29 is 4.79 Å². The van der Waals surface area contributed by atoms with E-state index in [9.17, 15) is 4.79 Å². The van der Waals surface area contributed by atoms with Gasteiger partial charge < -0.3 is 4.90 Å². The second-order valence-electron chi connectivity index (χ2n) is 4.90. The van der Waals surface area contributed by atoms with E-state index in [0.717, 1.165) is 18.5 Å². The quantitative estimate of drug-likeness (QED) is 0.707. The third kappa shape index (κ3) is 1.36. The molecule has 2 heteroatoms. The number of fused-ring (bicyclic) bond motifs is 1. The zero-order chi connectivity index (χ0) is 11.1. The van der Waals surface area contributed by atoms with E-state index in [0.29, 0.717) is 6.04 Å². The Balaban J connectivity index is 2.04. The van der Waals surface area contributed by atoms with Gasteiger partial charge in [-0.05, 0) is 44.2 Å². The lowest BCUT2D eigenvalue weighted by molar-refractivity contribution is 0.101. The molecular formula is C14H17NO. The predicted molar refractivity (Wildman–Crippen MR) is 65.1 cm³/mol. The number of hydrogen-bond donors (Lipinski definition) is 0. The number of para-hydroxylation sites is 1. The van der Waals surface area contributed by atoms with Crippen LogP contribution in [0.3, 0.4) is 0 Å². The maximum Gasteiger partial charge on any atom is 0.161 e. The average Bonchev–Trinajstić information content (AvgIpc) is 2.59. The predicted octanol–water partition coefficient (Wildman–Crippen LogP) is 2.80. The Labute approximate surface area is 96.3 Å². The number of Topliss-reactive ketones (excluding diaryl/α,β-unsaturated/α-hetero) is 1. The Kier molecular flexibility index (Phi) is 2.23. The molecular weight excluding hydrogens is 198 g/mol. The summed E-state index contributed by atoms with van der Waals surface area (Å²) in [5.41, 5.74) is 3.52. The van der Waals surface area contributed by atoms with Crippen molar-refractivity contribution in [2.45, 2.75) is 38.6 Å². The minimum atomic E-state index is 0.197. The molecule has 3 rings (SSSR count). The Morgan fingerprint density at radius 3 is 2.81 bits per heavy atom. The highest BCUT2D eigenvalue weighted by Gasteiger charge is 2.32. The summed E-state index contributed by atoms with van der Waals surface area (Å²) in [6, 6.07) is 6.85. The van der Waals surface area contributed by atoms with Crippen LogP contribution in [0.5, 0.6) is 0 Å². The van der Waals surface area contributed by atoms with E-state index < -0.39 is 0 Å². The van der Waals surface area contributed by atoms with Crippen LogP contribution in [0.2, 0.25) is 0 Å². The van der Waals surface area contributed by atoms with Crippen molar-refractivity contribution in [1.29, 1.82) is 0 Å². The first-order valence-corrected chi connectivity index (χ1v) is 6.17. The Hall–Kier alpha value is -1.31. The molecule has 1 saturated carbocycles. The highest BCUT2D eigenvalue weighted by molar-refractivity contribution is 6.01. The SMILES string of the molecule is CC(=O)c1cccc2c1N(C1CCC1)CC2. The van der Waals surface area contributed by atoms with E-state index in [4.69, 9.17) is 0 Å². The molecule has 84 valence electrons. The van der Waals surface area contributed by atoms with Crippen molar-refractivity contribution in [3.05, 3.63) is 29.3 Å². The molecule has 16 heavy (non-hydrogen) atoms. The van der Waals surface area contributed by atoms with Gasteiger partial charge >= 0.3 is 0 Å². The van der Waals surface area contributed by atoms with Crippen LogP contribution >= 0.6 is 0 Å². The van der Waals surface area contributed by atoms with Gasteiger partial charge in [0, 0.05) is 18.2 Å². The second-order valence-corrected chi connectivity index (χ2v) is 4.90. The van der Waals surface area contributed by atoms with Crippen LogP contribution in [-0.4, -0.2) is 18.4 Å². The van der Waals surface area contributed by atoms with Crippen molar-refractivity contribution in [1.82, 2.24) is 0 Å². The molecule has 1 heterocycles. The molecule has 0 amide bonds. The Morgan fingerprint density at radius 2 is 2.19 bits per heavy atom. The van der Waals surface area contributed by atoms with E-state index in [1.54, 1.807) is 6.92 Å². The maximum atomic E-state index is 11.7. The van der Waals surface area contributed by atoms with Crippen LogP contribution in [0.1, 0.15) is 42.1 Å². The third-order valence-electron chi connectivity index (χ3n) is 3.92. The van der Waals surface area contributed by atoms with Gasteiger partial charge in [0.2, 0.25) is 0 Å². The molecule has 1 aliphatic heterocycles. The van der Waals surface area contributed by atoms with Crippen molar-refractivity contribution >= 4 is 11.5 Å². The number of carbonyl (C=O) groups is 1. The number of hydrogen-bond acceptors (Lipinski definition) is 2. The normalized spacial score (nSPS) is 19.4. The summed E-state index contributed by atoms with van der Waals surface area (Å²) in [5, 5.41) is 0. The summed E-state index contributed by atoms with van der Waals surface area (Å²) < 4.78 is 0. The molecule has 1 aliphatic carbocycles. The fraction of sp³-hybridized carbons (Fsp3) is 0.500. The van der Waals surface area contributed by atoms with E-state index in [1.807, 2.05) is 12.1 Å². The van der Waals surface area contributed by atoms with Crippen LogP contribution in [0.15, 0.2) is 18.2 Å². The van der Waals surface area contributed by atoms with E-state index >= 15 is 0 Å². The first-order chi connectivity index (χ1) is 7.77. The lowest BCUT2D eigenvalue weighted by Crippen LogP contribution is -2.39. The van der Waals surface area contributed by atoms with Gasteiger partial charge in [0.05, 0.1) is 5.69 Å². The van der Waals surface area contributed by atoms with Gasteiger partial charge in [-0.25, -0.2) is 0 Å². The highest BCUT2D eigenvalue weighted by atomic mass is 16.1. The minimum Gasteiger partial charge on any atom is -0.367 e. The number of carbonyl (C=O) groups excluding carboxylic acids is 1. The summed E-state index contributed by atoms with van der Waals surface area (Å²) in [6.07, 6.45) is 5.04. The van der Waals surface area contributed by atoms with Crippen LogP contribution < -0.4 is 4.90 Å². The summed E-state index contributed by atoms with van der Waals surface area (Å²) in [5.74, 6) is 0.197. The molecule has 0 atom stereocenters. The molecule has 0 bridgehead atoms. The summed E-state index contributed by atoms with van der Waals surface area (Å²) in [4.78, 5) is 14.1. The van der Waals surface area contributed by atoms with Crippen LogP contribution in [0.4, 0.5) is 5.69 Å². The number of ketones is 1. The van der Waals surface area contributed by atoms with Gasteiger partial charge in [-0.3, -0.25) is 4.79 Å². The molecule has 1 fully saturated rings. The van der Waals surface area contributed by atoms with Crippen molar-refractivity contribution in [2.75, 3.05) is 11.4 Å². The maximum absolute atomic E-state index is 11.7. The molecule has 2 aliphatic rings. The Morgan fingerprint density at radius 1 is 1.38 bits per heavy atom. The van der Waals surface area contributed by atoms with E-state index in [-0.39, 0.29) is 5.78 Å². The molecule has 1 aromatic carbocycles. The fourth-order valence-corrected chi connectivity index (χ4v) is 2.83. The molecule has 0 radical (unpaired) electrons. The fourth-order valence-electron chi connectivity index (χ4n) is 2.83. The smallest absolute Gasteiger partial charge is 0.161 e. The lowest BCUT2D eigenvalue weighted by atomic mass is 9.91. The van der Waals surface area contributed by atoms with Crippen molar-refractivity contribution in [2.24, 2.45) is 0 Å². The molecule has 0 spiro atoms. The summed E-state index contributed by atoms with van der Waals surface area (Å²) >= 11 is 0. The van der Waals surface area contributed by atoms with Crippen molar-refractivity contribution in [3.63, 3.8) is 0 Å². The molecule has 0 saturated heterocycles. The molecule has 0 aromatic heterocycles. The van der Waals surface area contributed by atoms with Crippen LogP contribution in [0.25, 0.3) is 0 Å². The zero-order valence-electron chi connectivity index (χ0n) is 9.70. The van der Waals surface area contributed by atoms with Gasteiger partial charge in [-0.2, -0.15) is 0 Å². The van der Waals surface area contributed by atoms with Crippen molar-refractivity contribution in [3.8, 4) is 0 Å². The molecule has 1 aromatic rings. The third-order valence-corrected chi connectivity index (χ3v) is 3.92. The van der Waals surface area contributed by atoms with Gasteiger partial charge in [-0.15, -0.1) is 0 Å². The largest absolute Gasteiger partial charge is 0.367 e.